The summed E-state index contributed by atoms with van der Waals surface area (Å²) in [6.07, 6.45) is -7.78. The molecule has 0 fully saturated rings. The Morgan fingerprint density at radius 2 is 1.61 bits per heavy atom. The first kappa shape index (κ1) is 22.9. The van der Waals surface area contributed by atoms with Crippen molar-refractivity contribution in [2.45, 2.75) is 31.2 Å². The Bertz CT molecular complexity index is 1200. The van der Waals surface area contributed by atoms with Crippen LogP contribution in [-0.4, -0.2) is 35.7 Å². The highest BCUT2D eigenvalue weighted by Crippen LogP contribution is 2.40. The molecule has 0 aliphatic carbocycles. The van der Waals surface area contributed by atoms with Crippen LogP contribution in [0, 0.1) is 0 Å². The standard InChI is InChI=1S/C19H18F5N3O3S/c1-17(11-18(20,21)28,12-6-8-13(9-7-12)19(22,23)24)27-16-5-3-4-15(14(16)10-25-27)26-31(2,29)30/h3-10,26,28H,11H2,1-2H3. The highest BCUT2D eigenvalue weighted by molar-refractivity contribution is 7.92. The van der Waals surface area contributed by atoms with Crippen LogP contribution in [0.25, 0.3) is 10.9 Å². The number of sulfonamides is 1. The molecule has 1 heterocycles. The zero-order valence-electron chi connectivity index (χ0n) is 16.3. The second-order valence-corrected chi connectivity index (χ2v) is 9.11. The molecule has 1 unspecified atom stereocenters. The normalized spacial score (nSPS) is 15.1. The van der Waals surface area contributed by atoms with E-state index in [1.165, 1.54) is 31.3 Å². The number of alkyl halides is 5. The third-order valence-corrected chi connectivity index (χ3v) is 5.36. The van der Waals surface area contributed by atoms with Gasteiger partial charge in [0.15, 0.2) is 0 Å². The van der Waals surface area contributed by atoms with Gasteiger partial charge in [0.1, 0.15) is 0 Å². The van der Waals surface area contributed by atoms with Gasteiger partial charge in [-0.05, 0) is 36.8 Å². The average Bonchev–Trinajstić information content (AvgIpc) is 3.04. The maximum atomic E-state index is 13.7. The molecular weight excluding hydrogens is 445 g/mol. The van der Waals surface area contributed by atoms with Crippen LogP contribution in [0.2, 0.25) is 0 Å². The van der Waals surface area contributed by atoms with E-state index in [2.05, 4.69) is 9.82 Å². The summed E-state index contributed by atoms with van der Waals surface area (Å²) in [5, 5.41) is 13.6. The number of aliphatic hydroxyl groups is 1. The van der Waals surface area contributed by atoms with E-state index in [-0.39, 0.29) is 22.2 Å². The molecular formula is C19H18F5N3O3S. The molecule has 1 aromatic heterocycles. The number of nitrogens with zero attached hydrogens (tertiary/aromatic N) is 2. The smallest absolute Gasteiger partial charge is 0.336 e. The molecule has 0 saturated heterocycles. The van der Waals surface area contributed by atoms with E-state index in [1.807, 2.05) is 0 Å². The summed E-state index contributed by atoms with van der Waals surface area (Å²) < 4.78 is 92.8. The number of anilines is 1. The Morgan fingerprint density at radius 1 is 1.03 bits per heavy atom. The lowest BCUT2D eigenvalue weighted by Gasteiger charge is -2.33. The minimum absolute atomic E-state index is 0.0423. The predicted octanol–water partition coefficient (Wildman–Crippen LogP) is 4.17. The Hall–Kier alpha value is -2.73. The van der Waals surface area contributed by atoms with Crippen LogP contribution in [-0.2, 0) is 21.7 Å². The molecule has 0 aliphatic heterocycles. The quantitative estimate of drug-likeness (QED) is 0.538. The number of hydrogen-bond donors (Lipinski definition) is 2. The Balaban J connectivity index is 2.20. The third kappa shape index (κ3) is 4.96. The SMILES string of the molecule is CC(CC(O)(F)F)(c1ccc(C(F)(F)F)cc1)n1ncc2c(NS(C)(=O)=O)cccc21. The van der Waals surface area contributed by atoms with Gasteiger partial charge in [-0.1, -0.05) is 18.2 Å². The number of aromatic nitrogens is 2. The van der Waals surface area contributed by atoms with Crippen LogP contribution in [0.1, 0.15) is 24.5 Å². The average molecular weight is 463 g/mol. The van der Waals surface area contributed by atoms with Crippen LogP contribution in [0.4, 0.5) is 27.6 Å². The fraction of sp³-hybridized carbons (Fsp3) is 0.316. The van der Waals surface area contributed by atoms with Crippen molar-refractivity contribution in [3.05, 3.63) is 59.8 Å². The van der Waals surface area contributed by atoms with Crippen molar-refractivity contribution < 1.29 is 35.5 Å². The summed E-state index contributed by atoms with van der Waals surface area (Å²) in [7, 11) is -3.65. The largest absolute Gasteiger partial charge is 0.416 e. The topological polar surface area (TPSA) is 84.2 Å². The number of nitrogens with one attached hydrogen (secondary N) is 1. The maximum Gasteiger partial charge on any atom is 0.416 e. The van der Waals surface area contributed by atoms with E-state index in [0.29, 0.717) is 0 Å². The van der Waals surface area contributed by atoms with Crippen LogP contribution in [0.3, 0.4) is 0 Å². The van der Waals surface area contributed by atoms with Gasteiger partial charge in [-0.15, -0.1) is 0 Å². The number of rotatable bonds is 6. The highest BCUT2D eigenvalue weighted by atomic mass is 32.2. The van der Waals surface area contributed by atoms with Crippen LogP contribution in [0.15, 0.2) is 48.7 Å². The van der Waals surface area contributed by atoms with Crippen molar-refractivity contribution >= 4 is 26.6 Å². The minimum atomic E-state index is -4.61. The van der Waals surface area contributed by atoms with Gasteiger partial charge in [0.25, 0.3) is 0 Å². The lowest BCUT2D eigenvalue weighted by molar-refractivity contribution is -0.215. The van der Waals surface area contributed by atoms with E-state index in [0.717, 1.165) is 35.2 Å². The van der Waals surface area contributed by atoms with Gasteiger partial charge >= 0.3 is 12.3 Å². The molecule has 0 bridgehead atoms. The van der Waals surface area contributed by atoms with E-state index in [1.54, 1.807) is 0 Å². The van der Waals surface area contributed by atoms with Gasteiger partial charge in [-0.2, -0.15) is 27.1 Å². The number of hydrogen-bond acceptors (Lipinski definition) is 4. The monoisotopic (exact) mass is 463 g/mol. The lowest BCUT2D eigenvalue weighted by Crippen LogP contribution is -2.39. The summed E-state index contributed by atoms with van der Waals surface area (Å²) >= 11 is 0. The lowest BCUT2D eigenvalue weighted by atomic mass is 9.87. The van der Waals surface area contributed by atoms with Crippen molar-refractivity contribution in [2.75, 3.05) is 11.0 Å². The third-order valence-electron chi connectivity index (χ3n) is 4.77. The summed E-state index contributed by atoms with van der Waals surface area (Å²) in [6, 6.07) is 8.01. The molecule has 3 rings (SSSR count). The predicted molar refractivity (Wildman–Crippen MR) is 104 cm³/mol. The number of benzene rings is 2. The molecule has 31 heavy (non-hydrogen) atoms. The zero-order valence-corrected chi connectivity index (χ0v) is 17.1. The van der Waals surface area contributed by atoms with Crippen LogP contribution in [0.5, 0.6) is 0 Å². The van der Waals surface area contributed by atoms with Crippen molar-refractivity contribution in [1.82, 2.24) is 9.78 Å². The Labute approximate surface area is 174 Å². The number of fused-ring (bicyclic) bond motifs is 1. The van der Waals surface area contributed by atoms with E-state index >= 15 is 0 Å². The molecule has 1 atom stereocenters. The minimum Gasteiger partial charge on any atom is -0.336 e. The zero-order chi connectivity index (χ0) is 23.2. The summed E-state index contributed by atoms with van der Waals surface area (Å²) in [5.74, 6) is 0. The first-order chi connectivity index (χ1) is 14.1. The molecule has 2 aromatic carbocycles. The highest BCUT2D eigenvalue weighted by Gasteiger charge is 2.42. The van der Waals surface area contributed by atoms with Gasteiger partial charge in [0.05, 0.1) is 41.2 Å². The molecule has 12 heteroatoms. The second kappa shape index (κ2) is 7.45. The maximum absolute atomic E-state index is 13.7. The number of halogens is 5. The first-order valence-electron chi connectivity index (χ1n) is 8.83. The molecule has 0 saturated carbocycles. The fourth-order valence-electron chi connectivity index (χ4n) is 3.46. The van der Waals surface area contributed by atoms with Gasteiger partial charge in [0.2, 0.25) is 10.0 Å². The first-order valence-corrected chi connectivity index (χ1v) is 10.7. The van der Waals surface area contributed by atoms with Crippen molar-refractivity contribution in [2.24, 2.45) is 0 Å². The van der Waals surface area contributed by atoms with Crippen molar-refractivity contribution in [3.8, 4) is 0 Å². The van der Waals surface area contributed by atoms with E-state index < -0.39 is 39.8 Å². The van der Waals surface area contributed by atoms with Gasteiger partial charge < -0.3 is 5.11 Å². The van der Waals surface area contributed by atoms with E-state index in [4.69, 9.17) is 0 Å². The summed E-state index contributed by atoms with van der Waals surface area (Å²) in [4.78, 5) is 0. The molecule has 3 aromatic rings. The van der Waals surface area contributed by atoms with Crippen molar-refractivity contribution in [3.63, 3.8) is 0 Å². The molecule has 0 radical (unpaired) electrons. The van der Waals surface area contributed by atoms with E-state index in [9.17, 15) is 35.5 Å². The second-order valence-electron chi connectivity index (χ2n) is 7.36. The molecule has 2 N–H and O–H groups in total. The van der Waals surface area contributed by atoms with Crippen LogP contribution < -0.4 is 4.72 Å². The van der Waals surface area contributed by atoms with Gasteiger partial charge in [0, 0.05) is 5.39 Å². The Morgan fingerprint density at radius 3 is 2.13 bits per heavy atom. The fourth-order valence-corrected chi connectivity index (χ4v) is 4.04. The summed E-state index contributed by atoms with van der Waals surface area (Å²) in [5.41, 5.74) is -2.30. The summed E-state index contributed by atoms with van der Waals surface area (Å²) in [6.45, 7) is 1.29. The molecule has 0 spiro atoms. The molecule has 0 amide bonds. The van der Waals surface area contributed by atoms with Crippen LogP contribution >= 0.6 is 0 Å². The van der Waals surface area contributed by atoms with Gasteiger partial charge in [-0.25, -0.2) is 8.42 Å². The molecule has 0 aliphatic rings. The molecule has 6 nitrogen and oxygen atoms in total. The Kier molecular flexibility index (Phi) is 5.51. The van der Waals surface area contributed by atoms with Crippen molar-refractivity contribution in [1.29, 1.82) is 0 Å². The van der Waals surface area contributed by atoms with Gasteiger partial charge in [-0.3, -0.25) is 9.40 Å². The molecule has 168 valence electrons.